The van der Waals surface area contributed by atoms with Gasteiger partial charge in [-0.1, -0.05) is 14.9 Å². The van der Waals surface area contributed by atoms with Crippen molar-refractivity contribution in [2.75, 3.05) is 0 Å². The summed E-state index contributed by atoms with van der Waals surface area (Å²) < 4.78 is 33.0. The largest absolute Gasteiger partial charge is 1.00 e. The van der Waals surface area contributed by atoms with Crippen LogP contribution in [0.25, 0.3) is 0 Å². The fourth-order valence-corrected chi connectivity index (χ4v) is 0. The number of hydrogen-bond acceptors (Lipinski definition) is 4. The minimum atomic E-state index is 0. The average Bonchev–Trinajstić information content (AvgIpc) is 1.99. The van der Waals surface area contributed by atoms with Crippen LogP contribution in [0.4, 0.5) is 0 Å². The molecule has 12 N–H and O–H groups in total. The van der Waals surface area contributed by atoms with E-state index in [4.69, 9.17) is 8.47 Å². The third kappa shape index (κ3) is 103. The monoisotopic (exact) mass is 152 g/mol. The van der Waals surface area contributed by atoms with Gasteiger partial charge in [-0.05, 0) is 0 Å². The minimum Gasteiger partial charge on any atom is -1.00 e. The molecule has 0 saturated heterocycles. The summed E-state index contributed by atoms with van der Waals surface area (Å²) in [5, 5.41) is 0. The van der Waals surface area contributed by atoms with Crippen LogP contribution >= 0.6 is 0 Å². The summed E-state index contributed by atoms with van der Waals surface area (Å²) in [6.07, 6.45) is 10.0. The topological polar surface area (TPSA) is 140 Å². The van der Waals surface area contributed by atoms with Gasteiger partial charge in [-0.25, -0.2) is 0 Å². The molecule has 0 rings (SSSR count). The molecule has 0 spiro atoms. The minimum absolute atomic E-state index is 0. The first-order chi connectivity index (χ1) is 4.83. The van der Waals surface area contributed by atoms with Crippen LogP contribution in [0.1, 0.15) is 16.3 Å². The first-order valence-electron chi connectivity index (χ1n) is 3.15. The van der Waals surface area contributed by atoms with Crippen molar-refractivity contribution in [3.05, 3.63) is 0 Å². The van der Waals surface area contributed by atoms with Crippen LogP contribution in [0.3, 0.4) is 0 Å². The fraction of sp³-hybridized carbons (Fsp3) is 1.00. The second-order valence-corrected chi connectivity index (χ2v) is 0. The van der Waals surface area contributed by atoms with Crippen LogP contribution in [0.5, 0.6) is 0 Å². The fourth-order valence-electron chi connectivity index (χ4n) is 0. The number of rotatable bonds is 0. The van der Waals surface area contributed by atoms with E-state index in [1.54, 1.807) is 0 Å². The Bertz CT molecular complexity index is 25.7. The Labute approximate surface area is 99.8 Å². The van der Waals surface area contributed by atoms with Crippen LogP contribution in [-0.4, -0.2) is 0 Å². The van der Waals surface area contributed by atoms with Gasteiger partial charge in [0.15, 0.2) is 0 Å². The molecule has 0 unspecified atom stereocenters. The van der Waals surface area contributed by atoms with E-state index in [0.717, 1.165) is 0 Å². The van der Waals surface area contributed by atoms with Gasteiger partial charge in [0.2, 0.25) is 0 Å². The molecule has 0 atom stereocenters. The first kappa shape index (κ1) is 8.48. The van der Waals surface area contributed by atoms with Crippen LogP contribution in [0, 0.1) is 0 Å². The van der Waals surface area contributed by atoms with E-state index in [1.807, 2.05) is 0 Å². The van der Waals surface area contributed by atoms with Crippen molar-refractivity contribution >= 4 is 0 Å². The van der Waals surface area contributed by atoms with Gasteiger partial charge in [-0.15, -0.1) is 0 Å². The first-order valence-corrected chi connectivity index (χ1v) is 0. The molecule has 7 heavy (non-hydrogen) atoms. The third-order valence-electron chi connectivity index (χ3n) is 0. The van der Waals surface area contributed by atoms with Crippen molar-refractivity contribution in [3.8, 4) is 0 Å². The van der Waals surface area contributed by atoms with E-state index in [2.05, 4.69) is 12.3 Å². The zero-order valence-corrected chi connectivity index (χ0v) is 6.28. The van der Waals surface area contributed by atoms with Gasteiger partial charge in [0, 0.05) is 0 Å². The quantitative estimate of drug-likeness (QED) is 0.332. The molecule has 0 bridgehead atoms. The second kappa shape index (κ2) is 144. The number of hydrogen-bond donors (Lipinski definition) is 4. The van der Waals surface area contributed by atoms with Crippen molar-refractivity contribution in [2.45, 2.75) is 14.9 Å². The third-order valence-corrected chi connectivity index (χ3v) is 0. The normalized spacial score (nSPS) is 7.71. The molecule has 0 aromatic carbocycles. The SMILES string of the molecule is C.C.[3H]N.[3H]N.[3H]N[3H].[3H]N[3H].[H-].[K+]. The standard InChI is InChI=1S/2CH4.K.4H3N.H/h2*1H4;;4*1H3;/q;;+1;;;;;-1/i/hT6. The van der Waals surface area contributed by atoms with E-state index in [0.29, 0.717) is 0 Å². The van der Waals surface area contributed by atoms with Gasteiger partial charge in [-0.2, -0.15) is 0 Å². The van der Waals surface area contributed by atoms with Crippen molar-refractivity contribution in [2.24, 2.45) is 0 Å². The molecule has 0 saturated carbocycles. The zero-order valence-electron chi connectivity index (χ0n) is 10.2. The molecule has 0 amide bonds. The van der Waals surface area contributed by atoms with Gasteiger partial charge >= 0.3 is 51.4 Å². The molecule has 50 valence electrons. The Morgan fingerprint density at radius 2 is 1.14 bits per heavy atom. The molecule has 0 fully saturated rings. The zero-order chi connectivity index (χ0) is 9.41. The Balaban J connectivity index is -0.00000000530. The Morgan fingerprint density at radius 3 is 1.14 bits per heavy atom. The molecule has 5 heteroatoms. The molecule has 0 aliphatic carbocycles. The summed E-state index contributed by atoms with van der Waals surface area (Å²) in [7, 11) is 0. The van der Waals surface area contributed by atoms with E-state index in [-0.39, 0.29) is 67.7 Å². The van der Waals surface area contributed by atoms with Crippen LogP contribution in [-0.2, 0) is 0 Å². The van der Waals surface area contributed by atoms with Crippen molar-refractivity contribution in [3.63, 3.8) is 0 Å². The maximum absolute atomic E-state index is 5.62. The van der Waals surface area contributed by atoms with Gasteiger partial charge < -0.3 is 26.0 Å². The van der Waals surface area contributed by atoms with Gasteiger partial charge in [-0.3, -0.25) is 0 Å². The van der Waals surface area contributed by atoms with E-state index < -0.39 is 0 Å². The summed E-state index contributed by atoms with van der Waals surface area (Å²) in [5.74, 6) is 0. The molecule has 0 aromatic rings. The molecular formula is C2H21KN4. The van der Waals surface area contributed by atoms with Crippen molar-refractivity contribution in [1.29, 1.82) is 0 Å². The summed E-state index contributed by atoms with van der Waals surface area (Å²) in [6.45, 7) is 0. The van der Waals surface area contributed by atoms with Crippen LogP contribution < -0.4 is 75.9 Å². The predicted molar refractivity (Wildman–Crippen MR) is 34.7 cm³/mol. The van der Waals surface area contributed by atoms with Crippen LogP contribution in [0.2, 0.25) is 8.47 Å². The van der Waals surface area contributed by atoms with E-state index in [1.165, 1.54) is 12.3 Å². The maximum Gasteiger partial charge on any atom is 1.00 e. The summed E-state index contributed by atoms with van der Waals surface area (Å²) in [6, 6.07) is 0. The molecule has 0 aliphatic heterocycles. The summed E-state index contributed by atoms with van der Waals surface area (Å²) in [4.78, 5) is 0. The van der Waals surface area contributed by atoms with Gasteiger partial charge in [0.05, 0.1) is 0 Å². The smallest absolute Gasteiger partial charge is 1.00 e. The Kier molecular flexibility index (Phi) is 174. The second-order valence-electron chi connectivity index (χ2n) is 0. The van der Waals surface area contributed by atoms with Gasteiger partial charge in [0.25, 0.3) is 0 Å². The van der Waals surface area contributed by atoms with E-state index in [9.17, 15) is 0 Å². The predicted octanol–water partition coefficient (Wildman–Crippen LogP) is -0.963. The average molecular weight is 152 g/mol. The molecule has 0 aromatic heterocycles. The maximum atomic E-state index is 5.62. The molecule has 4 nitrogen and oxygen atoms in total. The van der Waals surface area contributed by atoms with Crippen molar-refractivity contribution in [1.82, 2.24) is 24.6 Å². The Hall–Kier alpha value is 1.48. The molecule has 0 radical (unpaired) electrons. The van der Waals surface area contributed by atoms with Crippen molar-refractivity contribution < 1.29 is 61.3 Å². The molecular weight excluding hydrogens is 119 g/mol. The molecule has 0 heterocycles. The van der Waals surface area contributed by atoms with Crippen LogP contribution in [0.15, 0.2) is 0 Å². The molecule has 0 aliphatic rings. The summed E-state index contributed by atoms with van der Waals surface area (Å²) in [5.41, 5.74) is 0. The Morgan fingerprint density at radius 1 is 1.14 bits per heavy atom. The van der Waals surface area contributed by atoms with Gasteiger partial charge in [0.1, 0.15) is 8.47 Å². The van der Waals surface area contributed by atoms with E-state index >= 15 is 0 Å². The summed E-state index contributed by atoms with van der Waals surface area (Å²) >= 11 is 0.